The van der Waals surface area contributed by atoms with Crippen LogP contribution in [0.4, 0.5) is 0 Å². The predicted octanol–water partition coefficient (Wildman–Crippen LogP) is 3.43. The second kappa shape index (κ2) is 7.28. The van der Waals surface area contributed by atoms with Gasteiger partial charge in [-0.25, -0.2) is 0 Å². The maximum Gasteiger partial charge on any atom is 0.251 e. The minimum Gasteiger partial charge on any atom is -0.350 e. The van der Waals surface area contributed by atoms with Crippen molar-refractivity contribution in [3.05, 3.63) is 34.4 Å². The van der Waals surface area contributed by atoms with Gasteiger partial charge in [0.25, 0.3) is 5.91 Å². The van der Waals surface area contributed by atoms with E-state index in [0.717, 1.165) is 29.5 Å². The van der Waals surface area contributed by atoms with Crippen LogP contribution >= 0.6 is 12.4 Å². The molecule has 1 aliphatic rings. The summed E-state index contributed by atoms with van der Waals surface area (Å²) in [6, 6.07) is 4.11. The zero-order valence-corrected chi connectivity index (χ0v) is 14.1. The van der Waals surface area contributed by atoms with Gasteiger partial charge in [-0.3, -0.25) is 4.79 Å². The summed E-state index contributed by atoms with van der Waals surface area (Å²) < 4.78 is 0. The summed E-state index contributed by atoms with van der Waals surface area (Å²) in [7, 11) is 0. The number of nitrogens with two attached hydrogens (primary N) is 1. The standard InChI is InChI=1S/C17H26N2O.ClH/c1-12-9-13(2)15(14(3)10-12)16(20)19-11-17(18)7-5-4-6-8-17;/h9-10H,4-8,11,18H2,1-3H3,(H,19,20);1H. The van der Waals surface area contributed by atoms with Gasteiger partial charge in [0.05, 0.1) is 0 Å². The number of hydrogen-bond donors (Lipinski definition) is 2. The molecule has 0 unspecified atom stereocenters. The van der Waals surface area contributed by atoms with Crippen molar-refractivity contribution in [3.63, 3.8) is 0 Å². The van der Waals surface area contributed by atoms with E-state index < -0.39 is 0 Å². The van der Waals surface area contributed by atoms with E-state index >= 15 is 0 Å². The Morgan fingerprint density at radius 1 is 1.14 bits per heavy atom. The van der Waals surface area contributed by atoms with Crippen LogP contribution in [-0.2, 0) is 0 Å². The summed E-state index contributed by atoms with van der Waals surface area (Å²) >= 11 is 0. The van der Waals surface area contributed by atoms with Crippen LogP contribution in [0.15, 0.2) is 12.1 Å². The topological polar surface area (TPSA) is 55.1 Å². The first kappa shape index (κ1) is 18.0. The number of hydrogen-bond acceptors (Lipinski definition) is 2. The Morgan fingerprint density at radius 3 is 2.19 bits per heavy atom. The molecule has 0 aromatic heterocycles. The van der Waals surface area contributed by atoms with Gasteiger partial charge in [0.1, 0.15) is 0 Å². The van der Waals surface area contributed by atoms with Crippen LogP contribution in [0.25, 0.3) is 0 Å². The number of carbonyl (C=O) groups excluding carboxylic acids is 1. The normalized spacial score (nSPS) is 17.0. The molecule has 0 bridgehead atoms. The van der Waals surface area contributed by atoms with Crippen molar-refractivity contribution in [2.24, 2.45) is 5.73 Å². The van der Waals surface area contributed by atoms with Crippen molar-refractivity contribution in [2.75, 3.05) is 6.54 Å². The van der Waals surface area contributed by atoms with Gasteiger partial charge in [0.15, 0.2) is 0 Å². The van der Waals surface area contributed by atoms with Gasteiger partial charge in [-0.2, -0.15) is 0 Å². The third kappa shape index (κ3) is 4.45. The molecule has 4 heteroatoms. The molecule has 1 aromatic carbocycles. The minimum absolute atomic E-state index is 0. The Bertz CT molecular complexity index is 485. The maximum atomic E-state index is 12.4. The van der Waals surface area contributed by atoms with E-state index in [9.17, 15) is 4.79 Å². The summed E-state index contributed by atoms with van der Waals surface area (Å²) in [6.07, 6.45) is 5.64. The molecule has 0 radical (unpaired) electrons. The van der Waals surface area contributed by atoms with Crippen LogP contribution in [0, 0.1) is 20.8 Å². The maximum absolute atomic E-state index is 12.4. The second-order valence-electron chi connectivity index (χ2n) is 6.38. The van der Waals surface area contributed by atoms with E-state index in [1.807, 2.05) is 13.8 Å². The molecule has 3 N–H and O–H groups in total. The third-order valence-corrected chi connectivity index (χ3v) is 4.35. The second-order valence-corrected chi connectivity index (χ2v) is 6.38. The summed E-state index contributed by atoms with van der Waals surface area (Å²) in [6.45, 7) is 6.62. The average molecular weight is 311 g/mol. The molecule has 3 nitrogen and oxygen atoms in total. The van der Waals surface area contributed by atoms with E-state index in [1.54, 1.807) is 0 Å². The van der Waals surface area contributed by atoms with Gasteiger partial charge in [0, 0.05) is 17.6 Å². The van der Waals surface area contributed by atoms with Gasteiger partial charge >= 0.3 is 0 Å². The van der Waals surface area contributed by atoms with Crippen LogP contribution in [-0.4, -0.2) is 18.0 Å². The lowest BCUT2D eigenvalue weighted by Gasteiger charge is -2.33. The molecule has 0 atom stereocenters. The van der Waals surface area contributed by atoms with Crippen molar-refractivity contribution in [3.8, 4) is 0 Å². The lowest BCUT2D eigenvalue weighted by Crippen LogP contribution is -2.51. The largest absolute Gasteiger partial charge is 0.350 e. The van der Waals surface area contributed by atoms with Gasteiger partial charge in [-0.1, -0.05) is 37.0 Å². The first-order chi connectivity index (χ1) is 9.41. The van der Waals surface area contributed by atoms with Crippen LogP contribution in [0.2, 0.25) is 0 Å². The molecule has 1 saturated carbocycles. The summed E-state index contributed by atoms with van der Waals surface area (Å²) in [5.74, 6) is 0.00963. The first-order valence-electron chi connectivity index (χ1n) is 7.56. The number of carbonyl (C=O) groups is 1. The number of benzene rings is 1. The van der Waals surface area contributed by atoms with Crippen LogP contribution in [0.3, 0.4) is 0 Å². The highest BCUT2D eigenvalue weighted by Gasteiger charge is 2.28. The smallest absolute Gasteiger partial charge is 0.251 e. The zero-order chi connectivity index (χ0) is 14.8. The predicted molar refractivity (Wildman–Crippen MR) is 90.2 cm³/mol. The molecule has 2 rings (SSSR count). The minimum atomic E-state index is -0.208. The van der Waals surface area contributed by atoms with Gasteiger partial charge in [0.2, 0.25) is 0 Å². The molecular weight excluding hydrogens is 284 g/mol. The Kier molecular flexibility index (Phi) is 6.24. The van der Waals surface area contributed by atoms with Crippen LogP contribution in [0.1, 0.15) is 59.2 Å². The van der Waals surface area contributed by atoms with Gasteiger partial charge < -0.3 is 11.1 Å². The fourth-order valence-corrected chi connectivity index (χ4v) is 3.32. The van der Waals surface area contributed by atoms with E-state index in [2.05, 4.69) is 24.4 Å². The molecule has 1 amide bonds. The van der Waals surface area contributed by atoms with Crippen LogP contribution in [0.5, 0.6) is 0 Å². The Hall–Kier alpha value is -1.06. The van der Waals surface area contributed by atoms with Crippen molar-refractivity contribution in [1.29, 1.82) is 0 Å². The summed E-state index contributed by atoms with van der Waals surface area (Å²) in [5.41, 5.74) is 10.2. The van der Waals surface area contributed by atoms with E-state index in [0.29, 0.717) is 6.54 Å². The van der Waals surface area contributed by atoms with Crippen LogP contribution < -0.4 is 11.1 Å². The molecule has 0 heterocycles. The number of nitrogens with one attached hydrogen (secondary N) is 1. The highest BCUT2D eigenvalue weighted by Crippen LogP contribution is 2.25. The summed E-state index contributed by atoms with van der Waals surface area (Å²) in [5, 5.41) is 3.05. The van der Waals surface area contributed by atoms with Crippen molar-refractivity contribution < 1.29 is 4.79 Å². The van der Waals surface area contributed by atoms with Crippen molar-refractivity contribution >= 4 is 18.3 Å². The van der Waals surface area contributed by atoms with Crippen molar-refractivity contribution in [1.82, 2.24) is 5.32 Å². The number of amides is 1. The number of halogens is 1. The molecular formula is C17H27ClN2O. The molecule has 1 fully saturated rings. The quantitative estimate of drug-likeness (QED) is 0.898. The lowest BCUT2D eigenvalue weighted by atomic mass is 9.82. The molecule has 118 valence electrons. The van der Waals surface area contributed by atoms with Crippen molar-refractivity contribution in [2.45, 2.75) is 58.4 Å². The molecule has 21 heavy (non-hydrogen) atoms. The SMILES string of the molecule is Cc1cc(C)c(C(=O)NCC2(N)CCCCC2)c(C)c1.Cl. The number of rotatable bonds is 3. The Labute approximate surface area is 134 Å². The van der Waals surface area contributed by atoms with Gasteiger partial charge in [-0.05, 0) is 44.7 Å². The molecule has 1 aliphatic carbocycles. The third-order valence-electron chi connectivity index (χ3n) is 4.35. The molecule has 0 saturated heterocycles. The fourth-order valence-electron chi connectivity index (χ4n) is 3.32. The monoisotopic (exact) mass is 310 g/mol. The highest BCUT2D eigenvalue weighted by molar-refractivity contribution is 5.97. The number of aryl methyl sites for hydroxylation is 3. The molecule has 0 aliphatic heterocycles. The van der Waals surface area contributed by atoms with E-state index in [4.69, 9.17) is 5.73 Å². The fraction of sp³-hybridized carbons (Fsp3) is 0.588. The zero-order valence-electron chi connectivity index (χ0n) is 13.3. The Morgan fingerprint density at radius 2 is 1.67 bits per heavy atom. The van der Waals surface area contributed by atoms with Gasteiger partial charge in [-0.15, -0.1) is 12.4 Å². The van der Waals surface area contributed by atoms with E-state index in [1.165, 1.54) is 24.8 Å². The Balaban J connectivity index is 0.00000220. The summed E-state index contributed by atoms with van der Waals surface area (Å²) in [4.78, 5) is 12.4. The molecule has 1 aromatic rings. The van der Waals surface area contributed by atoms with E-state index in [-0.39, 0.29) is 23.9 Å². The lowest BCUT2D eigenvalue weighted by molar-refractivity contribution is 0.0936. The molecule has 0 spiro atoms. The highest BCUT2D eigenvalue weighted by atomic mass is 35.5. The first-order valence-corrected chi connectivity index (χ1v) is 7.56. The average Bonchev–Trinajstić information content (AvgIpc) is 2.36.